The number of aromatic nitrogens is 4. The average Bonchev–Trinajstić information content (AvgIpc) is 2.81. The zero-order valence-electron chi connectivity index (χ0n) is 17.3. The molecule has 31 heavy (non-hydrogen) atoms. The van der Waals surface area contributed by atoms with Crippen LogP contribution < -0.4 is 21.0 Å². The molecule has 0 unspecified atom stereocenters. The molecule has 4 heterocycles. The number of hydrogen-bond acceptors (Lipinski definition) is 10. The highest BCUT2D eigenvalue weighted by Gasteiger charge is 2.26. The first-order valence-corrected chi connectivity index (χ1v) is 10.1. The molecule has 2 aromatic rings. The van der Waals surface area contributed by atoms with E-state index in [-0.39, 0.29) is 17.8 Å². The van der Waals surface area contributed by atoms with Crippen LogP contribution in [0, 0.1) is 0 Å². The summed E-state index contributed by atoms with van der Waals surface area (Å²) in [4.78, 5) is 41.0. The fourth-order valence-electron chi connectivity index (χ4n) is 3.57. The van der Waals surface area contributed by atoms with Crippen molar-refractivity contribution >= 4 is 12.0 Å². The number of nitrogens with two attached hydrogens (primary N) is 1. The zero-order valence-corrected chi connectivity index (χ0v) is 17.3. The second kappa shape index (κ2) is 9.16. The highest BCUT2D eigenvalue weighted by Crippen LogP contribution is 2.25. The van der Waals surface area contributed by atoms with Gasteiger partial charge in [0, 0.05) is 51.3 Å². The van der Waals surface area contributed by atoms with Crippen molar-refractivity contribution in [3.8, 4) is 17.1 Å². The van der Waals surface area contributed by atoms with Gasteiger partial charge in [-0.25, -0.2) is 19.4 Å². The van der Waals surface area contributed by atoms with Crippen LogP contribution in [0.1, 0.15) is 12.8 Å². The number of carbonyl (C=O) groups excluding carboxylic acids is 1. The van der Waals surface area contributed by atoms with Crippen LogP contribution in [0.5, 0.6) is 5.88 Å². The van der Waals surface area contributed by atoms with E-state index in [1.807, 2.05) is 4.90 Å². The molecule has 2 N–H and O–H groups in total. The number of nitrogens with zero attached hydrogens (tertiary/aromatic N) is 6. The Morgan fingerprint density at radius 1 is 1.19 bits per heavy atom. The molecule has 0 saturated carbocycles. The van der Waals surface area contributed by atoms with E-state index in [2.05, 4.69) is 15.0 Å². The van der Waals surface area contributed by atoms with Gasteiger partial charge in [0.15, 0.2) is 0 Å². The number of nitrogen functional groups attached to an aromatic ring is 1. The van der Waals surface area contributed by atoms with Crippen LogP contribution in [0.3, 0.4) is 0 Å². The molecular formula is C19H25N7O5. The Bertz CT molecular complexity index is 984. The Labute approximate surface area is 178 Å². The highest BCUT2D eigenvalue weighted by atomic mass is 16.5. The Balaban J connectivity index is 1.60. The molecule has 2 aliphatic rings. The number of piperidine rings is 1. The van der Waals surface area contributed by atoms with E-state index in [9.17, 15) is 9.59 Å². The van der Waals surface area contributed by atoms with Crippen molar-refractivity contribution in [2.75, 3.05) is 57.2 Å². The summed E-state index contributed by atoms with van der Waals surface area (Å²) in [6.45, 7) is 3.47. The summed E-state index contributed by atoms with van der Waals surface area (Å²) >= 11 is 0. The molecule has 0 aliphatic carbocycles. The quantitative estimate of drug-likeness (QED) is 0.651. The smallest absolute Gasteiger partial charge is 0.409 e. The van der Waals surface area contributed by atoms with Gasteiger partial charge in [-0.3, -0.25) is 4.79 Å². The standard InChI is InChI=1S/C19H25N7O5/c1-29-19(28)25-4-2-13(3-5-25)31-16-10-15(14-11-21-12-26(20)17(14)27)22-18(23-16)24-6-8-30-9-7-24/h10-13H,2-9,20H2,1H3. The Morgan fingerprint density at radius 2 is 1.94 bits per heavy atom. The molecule has 2 fully saturated rings. The summed E-state index contributed by atoms with van der Waals surface area (Å²) in [6, 6.07) is 1.62. The molecule has 12 heteroatoms. The van der Waals surface area contributed by atoms with E-state index >= 15 is 0 Å². The molecule has 2 saturated heterocycles. The monoisotopic (exact) mass is 431 g/mol. The molecule has 0 atom stereocenters. The average molecular weight is 431 g/mol. The fourth-order valence-corrected chi connectivity index (χ4v) is 3.57. The molecule has 0 radical (unpaired) electrons. The summed E-state index contributed by atoms with van der Waals surface area (Å²) < 4.78 is 17.2. The Morgan fingerprint density at radius 3 is 2.65 bits per heavy atom. The molecule has 0 bridgehead atoms. The van der Waals surface area contributed by atoms with Gasteiger partial charge in [0.05, 0.1) is 31.6 Å². The topological polar surface area (TPSA) is 138 Å². The van der Waals surface area contributed by atoms with Crippen LogP contribution >= 0.6 is 0 Å². The molecule has 2 aliphatic heterocycles. The molecule has 2 aromatic heterocycles. The van der Waals surface area contributed by atoms with Gasteiger partial charge < -0.3 is 29.9 Å². The minimum Gasteiger partial charge on any atom is -0.474 e. The van der Waals surface area contributed by atoms with Crippen molar-refractivity contribution in [3.63, 3.8) is 0 Å². The number of likely N-dealkylation sites (tertiary alicyclic amines) is 1. The molecule has 4 rings (SSSR count). The van der Waals surface area contributed by atoms with Crippen molar-refractivity contribution in [1.82, 2.24) is 24.5 Å². The lowest BCUT2D eigenvalue weighted by Crippen LogP contribution is -2.42. The van der Waals surface area contributed by atoms with Crippen molar-refractivity contribution in [2.45, 2.75) is 18.9 Å². The van der Waals surface area contributed by atoms with Crippen LogP contribution in [0.2, 0.25) is 0 Å². The maximum absolute atomic E-state index is 12.5. The lowest BCUT2D eigenvalue weighted by Gasteiger charge is -2.31. The maximum Gasteiger partial charge on any atom is 0.409 e. The van der Waals surface area contributed by atoms with Gasteiger partial charge in [-0.1, -0.05) is 0 Å². The number of rotatable bonds is 4. The van der Waals surface area contributed by atoms with E-state index in [0.29, 0.717) is 69.8 Å². The zero-order chi connectivity index (χ0) is 21.8. The van der Waals surface area contributed by atoms with Crippen LogP contribution in [-0.4, -0.2) is 83.2 Å². The third kappa shape index (κ3) is 4.68. The first kappa shape index (κ1) is 20.8. The van der Waals surface area contributed by atoms with E-state index in [1.54, 1.807) is 11.0 Å². The lowest BCUT2D eigenvalue weighted by atomic mass is 10.1. The third-order valence-corrected chi connectivity index (χ3v) is 5.28. The van der Waals surface area contributed by atoms with Crippen molar-refractivity contribution in [2.24, 2.45) is 0 Å². The lowest BCUT2D eigenvalue weighted by molar-refractivity contribution is 0.0771. The molecule has 12 nitrogen and oxygen atoms in total. The van der Waals surface area contributed by atoms with Gasteiger partial charge in [-0.15, -0.1) is 0 Å². The number of ether oxygens (including phenoxy) is 3. The third-order valence-electron chi connectivity index (χ3n) is 5.28. The number of hydrogen-bond donors (Lipinski definition) is 1. The van der Waals surface area contributed by atoms with Crippen LogP contribution in [0.25, 0.3) is 11.3 Å². The van der Waals surface area contributed by atoms with Crippen molar-refractivity contribution in [1.29, 1.82) is 0 Å². The van der Waals surface area contributed by atoms with Crippen molar-refractivity contribution < 1.29 is 19.0 Å². The SMILES string of the molecule is COC(=O)N1CCC(Oc2cc(-c3cncn(N)c3=O)nc(N3CCOCC3)n2)CC1. The molecule has 0 aromatic carbocycles. The van der Waals surface area contributed by atoms with E-state index in [4.69, 9.17) is 20.1 Å². The van der Waals surface area contributed by atoms with E-state index in [0.717, 1.165) is 4.68 Å². The number of carbonyl (C=O) groups is 1. The van der Waals surface area contributed by atoms with Gasteiger partial charge >= 0.3 is 6.09 Å². The fraction of sp³-hybridized carbons (Fsp3) is 0.526. The summed E-state index contributed by atoms with van der Waals surface area (Å²) in [6.07, 6.45) is 3.49. The number of morpholine rings is 1. The second-order valence-electron chi connectivity index (χ2n) is 7.28. The summed E-state index contributed by atoms with van der Waals surface area (Å²) in [5.74, 6) is 6.48. The minimum absolute atomic E-state index is 0.124. The number of methoxy groups -OCH3 is 1. The largest absolute Gasteiger partial charge is 0.474 e. The van der Waals surface area contributed by atoms with E-state index < -0.39 is 5.56 Å². The summed E-state index contributed by atoms with van der Waals surface area (Å²) in [5.41, 5.74) is 0.224. The molecule has 166 valence electrons. The van der Waals surface area contributed by atoms with Crippen LogP contribution in [0.15, 0.2) is 23.4 Å². The van der Waals surface area contributed by atoms with Gasteiger partial charge in [0.25, 0.3) is 5.56 Å². The van der Waals surface area contributed by atoms with E-state index in [1.165, 1.54) is 19.6 Å². The highest BCUT2D eigenvalue weighted by molar-refractivity contribution is 5.67. The Kier molecular flexibility index (Phi) is 6.16. The predicted octanol–water partition coefficient (Wildman–Crippen LogP) is -0.140. The van der Waals surface area contributed by atoms with Crippen LogP contribution in [-0.2, 0) is 9.47 Å². The second-order valence-corrected chi connectivity index (χ2v) is 7.28. The maximum atomic E-state index is 12.5. The van der Waals surface area contributed by atoms with Gasteiger partial charge in [0.1, 0.15) is 12.4 Å². The minimum atomic E-state index is -0.418. The molecular weight excluding hydrogens is 406 g/mol. The van der Waals surface area contributed by atoms with Crippen molar-refractivity contribution in [3.05, 3.63) is 28.9 Å². The molecule has 0 spiro atoms. The first-order valence-electron chi connectivity index (χ1n) is 10.1. The number of amides is 1. The predicted molar refractivity (Wildman–Crippen MR) is 110 cm³/mol. The van der Waals surface area contributed by atoms with Gasteiger partial charge in [-0.05, 0) is 0 Å². The van der Waals surface area contributed by atoms with Gasteiger partial charge in [0.2, 0.25) is 11.8 Å². The Hall–Kier alpha value is -3.41. The normalized spacial score (nSPS) is 17.5. The van der Waals surface area contributed by atoms with Crippen LogP contribution in [0.4, 0.5) is 10.7 Å². The summed E-state index contributed by atoms with van der Waals surface area (Å²) in [5, 5.41) is 0. The number of anilines is 1. The molecule has 1 amide bonds. The summed E-state index contributed by atoms with van der Waals surface area (Å²) in [7, 11) is 1.37. The van der Waals surface area contributed by atoms with Gasteiger partial charge in [-0.2, -0.15) is 4.98 Å². The first-order chi connectivity index (χ1) is 15.0.